The molecule has 0 radical (unpaired) electrons. The molecule has 8 nitrogen and oxygen atoms in total. The van der Waals surface area contributed by atoms with Crippen LogP contribution in [0, 0.1) is 23.0 Å². The maximum atomic E-state index is 12.2. The fourth-order valence-corrected chi connectivity index (χ4v) is 3.23. The summed E-state index contributed by atoms with van der Waals surface area (Å²) in [6.07, 6.45) is 0.216. The minimum Gasteiger partial charge on any atom is -0.326 e. The molecule has 2 unspecified atom stereocenters. The topological polar surface area (TPSA) is 110 Å². The van der Waals surface area contributed by atoms with E-state index in [1.165, 1.54) is 20.2 Å². The third-order valence-corrected chi connectivity index (χ3v) is 5.54. The zero-order chi connectivity index (χ0) is 16.7. The summed E-state index contributed by atoms with van der Waals surface area (Å²) < 4.78 is 25.5. The third kappa shape index (κ3) is 3.09. The predicted molar refractivity (Wildman–Crippen MR) is 79.6 cm³/mol. The molecule has 1 amide bonds. The minimum absolute atomic E-state index is 0.0944. The number of aryl methyl sites for hydroxylation is 1. The first-order chi connectivity index (χ1) is 10.1. The number of amides is 1. The van der Waals surface area contributed by atoms with Gasteiger partial charge in [0.2, 0.25) is 22.0 Å². The van der Waals surface area contributed by atoms with Crippen molar-refractivity contribution in [2.75, 3.05) is 19.4 Å². The van der Waals surface area contributed by atoms with Crippen molar-refractivity contribution in [3.8, 4) is 0 Å². The van der Waals surface area contributed by atoms with E-state index in [1.807, 2.05) is 0 Å². The first-order valence-corrected chi connectivity index (χ1v) is 8.06. The molecule has 1 saturated carbocycles. The van der Waals surface area contributed by atoms with Crippen LogP contribution in [-0.4, -0.2) is 43.7 Å². The van der Waals surface area contributed by atoms with Gasteiger partial charge in [0, 0.05) is 31.1 Å². The Hall–Kier alpha value is -2.00. The van der Waals surface area contributed by atoms with Crippen LogP contribution in [0.4, 0.5) is 5.69 Å². The van der Waals surface area contributed by atoms with E-state index in [9.17, 15) is 23.3 Å². The van der Waals surface area contributed by atoms with Crippen LogP contribution in [0.2, 0.25) is 0 Å². The molecule has 1 N–H and O–H groups in total. The number of hydrogen-bond acceptors (Lipinski definition) is 5. The lowest BCUT2D eigenvalue weighted by Gasteiger charge is -2.15. The van der Waals surface area contributed by atoms with Crippen molar-refractivity contribution < 1.29 is 18.1 Å². The molecule has 2 rings (SSSR count). The Morgan fingerprint density at radius 2 is 2.05 bits per heavy atom. The number of nitrogens with zero attached hydrogens (tertiary/aromatic N) is 2. The molecule has 1 aliphatic rings. The van der Waals surface area contributed by atoms with Crippen LogP contribution in [0.5, 0.6) is 0 Å². The van der Waals surface area contributed by atoms with Gasteiger partial charge in [-0.1, -0.05) is 6.07 Å². The molecule has 1 fully saturated rings. The van der Waals surface area contributed by atoms with Crippen LogP contribution in [0.3, 0.4) is 0 Å². The van der Waals surface area contributed by atoms with Gasteiger partial charge in [-0.15, -0.1) is 0 Å². The maximum Gasteiger partial charge on any atom is 0.242 e. The monoisotopic (exact) mass is 327 g/mol. The van der Waals surface area contributed by atoms with Crippen LogP contribution < -0.4 is 5.32 Å². The van der Waals surface area contributed by atoms with Crippen LogP contribution >= 0.6 is 0 Å². The van der Waals surface area contributed by atoms with Crippen molar-refractivity contribution in [2.24, 2.45) is 5.92 Å². The Labute approximate surface area is 128 Å². The van der Waals surface area contributed by atoms with Gasteiger partial charge in [-0.05, 0) is 24.6 Å². The Morgan fingerprint density at radius 3 is 2.55 bits per heavy atom. The predicted octanol–water partition coefficient (Wildman–Crippen LogP) is 0.849. The first-order valence-electron chi connectivity index (χ1n) is 6.62. The van der Waals surface area contributed by atoms with Crippen molar-refractivity contribution in [2.45, 2.75) is 24.3 Å². The van der Waals surface area contributed by atoms with Crippen LogP contribution in [0.1, 0.15) is 12.0 Å². The largest absolute Gasteiger partial charge is 0.326 e. The standard InChI is InChI=1S/C13H17N3O5S/c1-8-4-5-9(6-12(8)22(20,21)15(2)3)14-13(17)10-7-11(10)16(18)19/h4-6,10-11H,7H2,1-3H3,(H,14,17). The summed E-state index contributed by atoms with van der Waals surface area (Å²) in [7, 11) is -0.776. The highest BCUT2D eigenvalue weighted by Crippen LogP contribution is 2.34. The third-order valence-electron chi connectivity index (χ3n) is 3.58. The SMILES string of the molecule is Cc1ccc(NC(=O)C2CC2[N+](=O)[O-])cc1S(=O)(=O)N(C)C. The van der Waals surface area contributed by atoms with Gasteiger partial charge < -0.3 is 5.32 Å². The highest BCUT2D eigenvalue weighted by atomic mass is 32.2. The average Bonchev–Trinajstić information content (AvgIpc) is 3.21. The average molecular weight is 327 g/mol. The molecule has 0 saturated heterocycles. The van der Waals surface area contributed by atoms with Crippen molar-refractivity contribution in [1.82, 2.24) is 4.31 Å². The summed E-state index contributed by atoms with van der Waals surface area (Å²) in [4.78, 5) is 22.1. The first kappa shape index (κ1) is 16.4. The van der Waals surface area contributed by atoms with Gasteiger partial charge in [-0.3, -0.25) is 14.9 Å². The molecule has 2 atom stereocenters. The fraction of sp³-hybridized carbons (Fsp3) is 0.462. The lowest BCUT2D eigenvalue weighted by Crippen LogP contribution is -2.23. The summed E-state index contributed by atoms with van der Waals surface area (Å²) in [6, 6.07) is 3.69. The summed E-state index contributed by atoms with van der Waals surface area (Å²) in [6.45, 7) is 1.66. The van der Waals surface area contributed by atoms with E-state index in [-0.39, 0.29) is 11.3 Å². The lowest BCUT2D eigenvalue weighted by molar-refractivity contribution is -0.497. The molecule has 22 heavy (non-hydrogen) atoms. The summed E-state index contributed by atoms with van der Waals surface area (Å²) in [5, 5.41) is 13.1. The van der Waals surface area contributed by atoms with Crippen LogP contribution in [0.25, 0.3) is 0 Å². The quantitative estimate of drug-likeness (QED) is 0.637. The number of nitro groups is 1. The molecular weight excluding hydrogens is 310 g/mol. The normalized spacial score (nSPS) is 20.7. The minimum atomic E-state index is -3.62. The second-order valence-corrected chi connectivity index (χ2v) is 7.57. The number of hydrogen-bond donors (Lipinski definition) is 1. The molecule has 0 spiro atoms. The molecule has 0 aromatic heterocycles. The Kier molecular flexibility index (Phi) is 4.21. The Balaban J connectivity index is 2.21. The molecular formula is C13H17N3O5S. The van der Waals surface area contributed by atoms with Gasteiger partial charge in [0.15, 0.2) is 0 Å². The maximum absolute atomic E-state index is 12.2. The highest BCUT2D eigenvalue weighted by Gasteiger charge is 2.53. The van der Waals surface area contributed by atoms with Crippen molar-refractivity contribution in [3.63, 3.8) is 0 Å². The van der Waals surface area contributed by atoms with Crippen molar-refractivity contribution >= 4 is 21.6 Å². The highest BCUT2D eigenvalue weighted by molar-refractivity contribution is 7.89. The number of sulfonamides is 1. The van der Waals surface area contributed by atoms with Crippen LogP contribution in [-0.2, 0) is 14.8 Å². The van der Waals surface area contributed by atoms with Crippen molar-refractivity contribution in [1.29, 1.82) is 0 Å². The number of carbonyl (C=O) groups excluding carboxylic acids is 1. The number of benzene rings is 1. The van der Waals surface area contributed by atoms with E-state index in [1.54, 1.807) is 19.1 Å². The lowest BCUT2D eigenvalue weighted by atomic mass is 10.2. The smallest absolute Gasteiger partial charge is 0.242 e. The molecule has 120 valence electrons. The van der Waals surface area contributed by atoms with Crippen LogP contribution in [0.15, 0.2) is 23.1 Å². The zero-order valence-corrected chi connectivity index (χ0v) is 13.3. The number of anilines is 1. The van der Waals surface area contributed by atoms with E-state index in [4.69, 9.17) is 0 Å². The second kappa shape index (κ2) is 5.65. The number of rotatable bonds is 5. The Bertz CT molecular complexity index is 729. The number of carbonyl (C=O) groups is 1. The second-order valence-electron chi connectivity index (χ2n) is 5.45. The van der Waals surface area contributed by atoms with E-state index in [0.29, 0.717) is 11.3 Å². The van der Waals surface area contributed by atoms with Gasteiger partial charge in [0.1, 0.15) is 5.92 Å². The summed E-state index contributed by atoms with van der Waals surface area (Å²) in [5.41, 5.74) is 0.867. The van der Waals surface area contributed by atoms with E-state index in [2.05, 4.69) is 5.32 Å². The number of nitrogens with one attached hydrogen (secondary N) is 1. The molecule has 0 heterocycles. The van der Waals surface area contributed by atoms with Gasteiger partial charge in [-0.2, -0.15) is 0 Å². The van der Waals surface area contributed by atoms with Gasteiger partial charge >= 0.3 is 0 Å². The molecule has 1 aliphatic carbocycles. The molecule has 1 aromatic carbocycles. The summed E-state index contributed by atoms with van der Waals surface area (Å²) in [5.74, 6) is -1.11. The van der Waals surface area contributed by atoms with E-state index < -0.39 is 32.8 Å². The fourth-order valence-electron chi connectivity index (χ4n) is 2.08. The van der Waals surface area contributed by atoms with Gasteiger partial charge in [0.25, 0.3) is 0 Å². The molecule has 9 heteroatoms. The molecule has 0 bridgehead atoms. The zero-order valence-electron chi connectivity index (χ0n) is 12.4. The molecule has 1 aromatic rings. The summed E-state index contributed by atoms with van der Waals surface area (Å²) >= 11 is 0. The van der Waals surface area contributed by atoms with E-state index in [0.717, 1.165) is 4.31 Å². The van der Waals surface area contributed by atoms with Crippen molar-refractivity contribution in [3.05, 3.63) is 33.9 Å². The molecule has 0 aliphatic heterocycles. The van der Waals surface area contributed by atoms with Gasteiger partial charge in [-0.25, -0.2) is 12.7 Å². The Morgan fingerprint density at radius 1 is 1.41 bits per heavy atom. The van der Waals surface area contributed by atoms with Gasteiger partial charge in [0.05, 0.1) is 4.90 Å². The van der Waals surface area contributed by atoms with E-state index >= 15 is 0 Å².